The van der Waals surface area contributed by atoms with E-state index >= 15 is 0 Å². The van der Waals surface area contributed by atoms with Gasteiger partial charge in [-0.2, -0.15) is 0 Å². The molecule has 0 aliphatic heterocycles. The molecule has 4 aromatic heterocycles. The molecule has 0 saturated heterocycles. The number of rotatable bonds is 3. The van der Waals surface area contributed by atoms with E-state index < -0.39 is 0 Å². The number of aromatic nitrogens is 5. The smallest absolute Gasteiger partial charge is 0.177 e. The molecule has 0 aromatic carbocycles. The van der Waals surface area contributed by atoms with Gasteiger partial charge in [-0.05, 0) is 51.8 Å². The molecule has 5 rings (SSSR count). The quantitative estimate of drug-likeness (QED) is 0.590. The fourth-order valence-corrected chi connectivity index (χ4v) is 3.76. The van der Waals surface area contributed by atoms with Gasteiger partial charge in [-0.15, -0.1) is 0 Å². The molecular weight excluding hydrogens is 310 g/mol. The van der Waals surface area contributed by atoms with Gasteiger partial charge in [-0.3, -0.25) is 0 Å². The number of H-pyrrole nitrogens is 1. The van der Waals surface area contributed by atoms with Crippen LogP contribution in [0, 0.1) is 6.92 Å². The van der Waals surface area contributed by atoms with E-state index in [4.69, 9.17) is 4.98 Å². The minimum atomic E-state index is 0.354. The van der Waals surface area contributed by atoms with Gasteiger partial charge in [0.25, 0.3) is 0 Å². The van der Waals surface area contributed by atoms with Crippen molar-refractivity contribution >= 4 is 22.2 Å². The number of pyridine rings is 2. The molecule has 1 N–H and O–H groups in total. The number of aryl methyl sites for hydroxylation is 1. The molecule has 0 amide bonds. The summed E-state index contributed by atoms with van der Waals surface area (Å²) in [6.45, 7) is 6.39. The molecule has 1 saturated carbocycles. The molecule has 0 bridgehead atoms. The van der Waals surface area contributed by atoms with Crippen molar-refractivity contribution < 1.29 is 0 Å². The Bertz CT molecular complexity index is 1100. The zero-order valence-electron chi connectivity index (χ0n) is 14.7. The first kappa shape index (κ1) is 14.6. The molecule has 0 radical (unpaired) electrons. The van der Waals surface area contributed by atoms with Gasteiger partial charge >= 0.3 is 0 Å². The van der Waals surface area contributed by atoms with Crippen LogP contribution < -0.4 is 0 Å². The lowest BCUT2D eigenvalue weighted by atomic mass is 10.1. The van der Waals surface area contributed by atoms with Crippen LogP contribution in [0.3, 0.4) is 0 Å². The van der Waals surface area contributed by atoms with Crippen LogP contribution in [0.15, 0.2) is 30.6 Å². The van der Waals surface area contributed by atoms with E-state index in [1.807, 2.05) is 19.3 Å². The highest BCUT2D eigenvalue weighted by atomic mass is 15.1. The minimum absolute atomic E-state index is 0.354. The van der Waals surface area contributed by atoms with Crippen molar-refractivity contribution in [1.82, 2.24) is 24.5 Å². The molecule has 0 atom stereocenters. The van der Waals surface area contributed by atoms with Gasteiger partial charge in [-0.1, -0.05) is 0 Å². The van der Waals surface area contributed by atoms with E-state index in [-0.39, 0.29) is 0 Å². The molecule has 0 spiro atoms. The Morgan fingerprint density at radius 2 is 2.04 bits per heavy atom. The SMILES string of the molecule is Cc1nc2ncc(-c3c[nH]c4nc(C5CC5)ccc34)cc2n1C(C)C. The highest BCUT2D eigenvalue weighted by molar-refractivity contribution is 5.95. The van der Waals surface area contributed by atoms with Gasteiger partial charge < -0.3 is 9.55 Å². The van der Waals surface area contributed by atoms with Gasteiger partial charge in [0.1, 0.15) is 11.5 Å². The molecule has 0 unspecified atom stereocenters. The number of nitrogens with zero attached hydrogens (tertiary/aromatic N) is 4. The highest BCUT2D eigenvalue weighted by Crippen LogP contribution is 2.40. The van der Waals surface area contributed by atoms with E-state index in [1.54, 1.807) is 0 Å². The lowest BCUT2D eigenvalue weighted by Gasteiger charge is -2.11. The summed E-state index contributed by atoms with van der Waals surface area (Å²) in [5, 5.41) is 1.15. The number of aromatic amines is 1. The van der Waals surface area contributed by atoms with Crippen LogP contribution in [-0.2, 0) is 0 Å². The summed E-state index contributed by atoms with van der Waals surface area (Å²) in [6.07, 6.45) is 6.49. The van der Waals surface area contributed by atoms with Crippen LogP contribution in [0.1, 0.15) is 50.2 Å². The fourth-order valence-electron chi connectivity index (χ4n) is 3.76. The Morgan fingerprint density at radius 3 is 2.80 bits per heavy atom. The Morgan fingerprint density at radius 1 is 1.20 bits per heavy atom. The first-order valence-electron chi connectivity index (χ1n) is 8.95. The Labute approximate surface area is 146 Å². The molecule has 1 fully saturated rings. The topological polar surface area (TPSA) is 59.4 Å². The van der Waals surface area contributed by atoms with Gasteiger partial charge in [0, 0.05) is 46.6 Å². The Hall–Kier alpha value is -2.69. The lowest BCUT2D eigenvalue weighted by Crippen LogP contribution is -2.02. The molecule has 25 heavy (non-hydrogen) atoms. The van der Waals surface area contributed by atoms with E-state index in [9.17, 15) is 0 Å². The second-order valence-corrected chi connectivity index (χ2v) is 7.30. The van der Waals surface area contributed by atoms with Crippen molar-refractivity contribution in [3.05, 3.63) is 42.1 Å². The molecule has 1 aliphatic carbocycles. The average Bonchev–Trinajstić information content (AvgIpc) is 3.26. The van der Waals surface area contributed by atoms with Crippen LogP contribution in [0.5, 0.6) is 0 Å². The second kappa shape index (κ2) is 5.15. The number of hydrogen-bond donors (Lipinski definition) is 1. The predicted octanol–water partition coefficient (Wildman–Crippen LogP) is 4.74. The van der Waals surface area contributed by atoms with E-state index in [2.05, 4.69) is 51.6 Å². The molecule has 126 valence electrons. The standard InChI is InChI=1S/C20H21N5/c1-11(2)25-12(3)23-20-18(25)8-14(9-21-20)16-10-22-19-15(16)6-7-17(24-19)13-4-5-13/h6-11,13H,4-5H2,1-3H3,(H,22,24). The van der Waals surface area contributed by atoms with Gasteiger partial charge in [-0.25, -0.2) is 15.0 Å². The van der Waals surface area contributed by atoms with Crippen molar-refractivity contribution in [3.8, 4) is 11.1 Å². The van der Waals surface area contributed by atoms with Crippen LogP contribution in [-0.4, -0.2) is 24.5 Å². The largest absolute Gasteiger partial charge is 0.346 e. The summed E-state index contributed by atoms with van der Waals surface area (Å²) in [4.78, 5) is 17.3. The molecule has 5 heteroatoms. The van der Waals surface area contributed by atoms with Crippen molar-refractivity contribution in [2.24, 2.45) is 0 Å². The van der Waals surface area contributed by atoms with Crippen molar-refractivity contribution in [1.29, 1.82) is 0 Å². The van der Waals surface area contributed by atoms with Crippen molar-refractivity contribution in [2.75, 3.05) is 0 Å². The summed E-state index contributed by atoms with van der Waals surface area (Å²) in [5.74, 6) is 1.67. The lowest BCUT2D eigenvalue weighted by molar-refractivity contribution is 0.600. The molecular formula is C20H21N5. The van der Waals surface area contributed by atoms with Crippen LogP contribution in [0.4, 0.5) is 0 Å². The van der Waals surface area contributed by atoms with E-state index in [0.29, 0.717) is 12.0 Å². The minimum Gasteiger partial charge on any atom is -0.346 e. The van der Waals surface area contributed by atoms with E-state index in [1.165, 1.54) is 18.5 Å². The van der Waals surface area contributed by atoms with Crippen LogP contribution >= 0.6 is 0 Å². The average molecular weight is 331 g/mol. The highest BCUT2D eigenvalue weighted by Gasteiger charge is 2.25. The number of imidazole rings is 1. The number of hydrogen-bond acceptors (Lipinski definition) is 3. The first-order chi connectivity index (χ1) is 12.1. The second-order valence-electron chi connectivity index (χ2n) is 7.30. The summed E-state index contributed by atoms with van der Waals surface area (Å²) < 4.78 is 2.24. The van der Waals surface area contributed by atoms with Crippen molar-refractivity contribution in [3.63, 3.8) is 0 Å². The maximum absolute atomic E-state index is 4.80. The normalized spacial score (nSPS) is 14.9. The van der Waals surface area contributed by atoms with Crippen LogP contribution in [0.2, 0.25) is 0 Å². The van der Waals surface area contributed by atoms with E-state index in [0.717, 1.165) is 39.1 Å². The van der Waals surface area contributed by atoms with Crippen molar-refractivity contribution in [2.45, 2.75) is 45.6 Å². The van der Waals surface area contributed by atoms with Gasteiger partial charge in [0.15, 0.2) is 5.65 Å². The first-order valence-corrected chi connectivity index (χ1v) is 8.95. The maximum atomic E-state index is 4.80. The number of fused-ring (bicyclic) bond motifs is 2. The predicted molar refractivity (Wildman–Crippen MR) is 99.7 cm³/mol. The zero-order chi connectivity index (χ0) is 17.1. The summed E-state index contributed by atoms with van der Waals surface area (Å²) in [5.41, 5.74) is 6.32. The summed E-state index contributed by atoms with van der Waals surface area (Å²) in [6, 6.07) is 6.91. The van der Waals surface area contributed by atoms with Crippen LogP contribution in [0.25, 0.3) is 33.3 Å². The molecule has 5 nitrogen and oxygen atoms in total. The Kier molecular flexibility index (Phi) is 3.02. The molecule has 4 aromatic rings. The van der Waals surface area contributed by atoms with Gasteiger partial charge in [0.2, 0.25) is 0 Å². The summed E-state index contributed by atoms with van der Waals surface area (Å²) in [7, 11) is 0. The maximum Gasteiger partial charge on any atom is 0.177 e. The fraction of sp³-hybridized carbons (Fsp3) is 0.350. The molecule has 4 heterocycles. The third-order valence-electron chi connectivity index (χ3n) is 5.11. The zero-order valence-corrected chi connectivity index (χ0v) is 14.7. The van der Waals surface area contributed by atoms with Gasteiger partial charge in [0.05, 0.1) is 5.52 Å². The summed E-state index contributed by atoms with van der Waals surface area (Å²) >= 11 is 0. The third-order valence-corrected chi connectivity index (χ3v) is 5.11. The monoisotopic (exact) mass is 331 g/mol. The Balaban J connectivity index is 1.67. The number of nitrogens with one attached hydrogen (secondary N) is 1. The molecule has 1 aliphatic rings. The third kappa shape index (κ3) is 2.26.